The molecule has 0 aliphatic heterocycles. The summed E-state index contributed by atoms with van der Waals surface area (Å²) in [5.74, 6) is 0.995. The number of ether oxygens (including phenoxy) is 4. The Hall–Kier alpha value is -1.94. The van der Waals surface area contributed by atoms with Crippen LogP contribution in [0.3, 0.4) is 0 Å². The van der Waals surface area contributed by atoms with Gasteiger partial charge < -0.3 is 33.8 Å². The van der Waals surface area contributed by atoms with Crippen molar-refractivity contribution in [3.63, 3.8) is 0 Å². The van der Waals surface area contributed by atoms with E-state index in [9.17, 15) is 43.2 Å². The van der Waals surface area contributed by atoms with Crippen molar-refractivity contribution in [2.75, 3.05) is 39.6 Å². The van der Waals surface area contributed by atoms with E-state index in [2.05, 4.69) is 55.4 Å². The standard InChI is InChI=1S/C74H144O17P2/c1-9-65(6)51-43-35-27-20-23-30-38-46-54-71(76)84-60-69(90-73(78)56-48-40-32-19-17-15-13-12-14-16-18-26-34-42-50-64(4)5)62-88-92(80,81)86-58-68(75)59-87-93(82,83)89-63-70(91-74(79)57-49-41-33-25-22-29-37-45-53-67(8)11-3)61-85-72(77)55-47-39-31-24-21-28-36-44-52-66(7)10-2/h64-70,75H,9-63H2,1-8H3,(H,80,81)(H,82,83)/t65?,66?,67?,68-,69-,70-/m1/s1. The lowest BCUT2D eigenvalue weighted by Crippen LogP contribution is -2.30. The van der Waals surface area contributed by atoms with Crippen molar-refractivity contribution in [2.24, 2.45) is 23.7 Å². The van der Waals surface area contributed by atoms with Gasteiger partial charge in [-0.1, -0.05) is 319 Å². The fourth-order valence-electron chi connectivity index (χ4n) is 11.1. The normalized spacial score (nSPS) is 15.1. The Morgan fingerprint density at radius 2 is 0.516 bits per heavy atom. The third kappa shape index (κ3) is 64.5. The van der Waals surface area contributed by atoms with Gasteiger partial charge >= 0.3 is 39.5 Å². The maximum Gasteiger partial charge on any atom is 0.472 e. The number of carbonyl (C=O) groups is 4. The first-order valence-electron chi connectivity index (χ1n) is 38.3. The summed E-state index contributed by atoms with van der Waals surface area (Å²) in [6, 6.07) is 0. The van der Waals surface area contributed by atoms with Gasteiger partial charge in [-0.15, -0.1) is 0 Å². The number of hydrogen-bond donors (Lipinski definition) is 3. The monoisotopic (exact) mass is 1370 g/mol. The summed E-state index contributed by atoms with van der Waals surface area (Å²) in [6.07, 6.45) is 47.0. The number of aliphatic hydroxyl groups is 1. The van der Waals surface area contributed by atoms with Crippen LogP contribution in [0.25, 0.3) is 0 Å². The molecule has 0 rings (SSSR count). The molecule has 0 aromatic rings. The van der Waals surface area contributed by atoms with E-state index in [1.165, 1.54) is 173 Å². The van der Waals surface area contributed by atoms with Crippen molar-refractivity contribution >= 4 is 39.5 Å². The Morgan fingerprint density at radius 1 is 0.301 bits per heavy atom. The second-order valence-corrected chi connectivity index (χ2v) is 30.8. The first-order chi connectivity index (χ1) is 44.7. The number of rotatable bonds is 71. The molecule has 17 nitrogen and oxygen atoms in total. The van der Waals surface area contributed by atoms with Gasteiger partial charge in [0.2, 0.25) is 0 Å². The average molecular weight is 1370 g/mol. The van der Waals surface area contributed by atoms with E-state index in [0.717, 1.165) is 114 Å². The zero-order chi connectivity index (χ0) is 68.9. The molecule has 5 unspecified atom stereocenters. The maximum atomic E-state index is 13.1. The highest BCUT2D eigenvalue weighted by Gasteiger charge is 2.30. The zero-order valence-electron chi connectivity index (χ0n) is 60.9. The van der Waals surface area contributed by atoms with E-state index in [4.69, 9.17) is 37.0 Å². The number of phosphoric ester groups is 2. The first-order valence-corrected chi connectivity index (χ1v) is 41.3. The van der Waals surface area contributed by atoms with Crippen LogP contribution in [0.5, 0.6) is 0 Å². The van der Waals surface area contributed by atoms with E-state index in [1.54, 1.807) is 0 Å². The van der Waals surface area contributed by atoms with Gasteiger partial charge in [0.25, 0.3) is 0 Å². The number of esters is 4. The van der Waals surface area contributed by atoms with Crippen molar-refractivity contribution in [3.05, 3.63) is 0 Å². The second-order valence-electron chi connectivity index (χ2n) is 27.9. The number of carbonyl (C=O) groups excluding carboxylic acids is 4. The molecule has 552 valence electrons. The lowest BCUT2D eigenvalue weighted by molar-refractivity contribution is -0.161. The van der Waals surface area contributed by atoms with Crippen LogP contribution in [0.15, 0.2) is 0 Å². The smallest absolute Gasteiger partial charge is 0.462 e. The van der Waals surface area contributed by atoms with Crippen LogP contribution < -0.4 is 0 Å². The van der Waals surface area contributed by atoms with Crippen LogP contribution in [-0.4, -0.2) is 96.7 Å². The Labute approximate surface area is 568 Å². The predicted molar refractivity (Wildman–Crippen MR) is 377 cm³/mol. The van der Waals surface area contributed by atoms with Crippen LogP contribution >= 0.6 is 15.6 Å². The zero-order valence-corrected chi connectivity index (χ0v) is 62.7. The highest BCUT2D eigenvalue weighted by molar-refractivity contribution is 7.47. The molecule has 0 spiro atoms. The molecule has 3 N–H and O–H groups in total. The molecule has 0 saturated heterocycles. The van der Waals surface area contributed by atoms with E-state index in [0.29, 0.717) is 25.7 Å². The number of unbranched alkanes of at least 4 members (excludes halogenated alkanes) is 34. The van der Waals surface area contributed by atoms with Crippen LogP contribution in [0.2, 0.25) is 0 Å². The molecule has 0 aromatic carbocycles. The van der Waals surface area contributed by atoms with Gasteiger partial charge in [0.1, 0.15) is 19.3 Å². The highest BCUT2D eigenvalue weighted by Crippen LogP contribution is 2.45. The molecule has 0 amide bonds. The van der Waals surface area contributed by atoms with Gasteiger partial charge in [-0.05, 0) is 49.4 Å². The topological polar surface area (TPSA) is 237 Å². The van der Waals surface area contributed by atoms with E-state index in [-0.39, 0.29) is 25.7 Å². The molecule has 0 heterocycles. The van der Waals surface area contributed by atoms with Crippen LogP contribution in [0.4, 0.5) is 0 Å². The molecule has 0 fully saturated rings. The highest BCUT2D eigenvalue weighted by atomic mass is 31.2. The van der Waals surface area contributed by atoms with E-state index in [1.807, 2.05) is 0 Å². The molecule has 8 atom stereocenters. The molecular weight excluding hydrogens is 1220 g/mol. The average Bonchev–Trinajstić information content (AvgIpc) is 1.65. The fraction of sp³-hybridized carbons (Fsp3) is 0.946. The van der Waals surface area contributed by atoms with Crippen molar-refractivity contribution in [1.29, 1.82) is 0 Å². The fourth-order valence-corrected chi connectivity index (χ4v) is 12.7. The molecule has 0 radical (unpaired) electrons. The van der Waals surface area contributed by atoms with Gasteiger partial charge in [-0.2, -0.15) is 0 Å². The quantitative estimate of drug-likeness (QED) is 0.0222. The first kappa shape index (κ1) is 91.1. The summed E-state index contributed by atoms with van der Waals surface area (Å²) in [5.41, 5.74) is 0. The van der Waals surface area contributed by atoms with Crippen molar-refractivity contribution in [2.45, 2.75) is 388 Å². The summed E-state index contributed by atoms with van der Waals surface area (Å²) < 4.78 is 68.5. The molecule has 19 heteroatoms. The molecule has 0 aliphatic rings. The molecule has 93 heavy (non-hydrogen) atoms. The molecular formula is C74H144O17P2. The number of aliphatic hydroxyl groups excluding tert-OH is 1. The van der Waals surface area contributed by atoms with Crippen molar-refractivity contribution in [1.82, 2.24) is 0 Å². The lowest BCUT2D eigenvalue weighted by atomic mass is 9.99. The third-order valence-corrected chi connectivity index (χ3v) is 20.1. The molecule has 0 bridgehead atoms. The Kier molecular flexibility index (Phi) is 62.2. The van der Waals surface area contributed by atoms with E-state index < -0.39 is 97.5 Å². The summed E-state index contributed by atoms with van der Waals surface area (Å²) in [5, 5.41) is 10.6. The minimum atomic E-state index is -4.96. The third-order valence-electron chi connectivity index (χ3n) is 18.2. The summed E-state index contributed by atoms with van der Waals surface area (Å²) in [6.45, 7) is 14.2. The van der Waals surface area contributed by atoms with Crippen LogP contribution in [0.1, 0.15) is 370 Å². The molecule has 0 aliphatic carbocycles. The van der Waals surface area contributed by atoms with Gasteiger partial charge in [0.05, 0.1) is 26.4 Å². The Bertz CT molecular complexity index is 1840. The van der Waals surface area contributed by atoms with Crippen molar-refractivity contribution in [3.8, 4) is 0 Å². The van der Waals surface area contributed by atoms with Gasteiger partial charge in [0.15, 0.2) is 12.2 Å². The van der Waals surface area contributed by atoms with Gasteiger partial charge in [0, 0.05) is 25.7 Å². The molecule has 0 saturated carbocycles. The number of hydrogen-bond acceptors (Lipinski definition) is 15. The van der Waals surface area contributed by atoms with Gasteiger partial charge in [-0.3, -0.25) is 37.3 Å². The van der Waals surface area contributed by atoms with Crippen molar-refractivity contribution < 1.29 is 80.2 Å². The minimum absolute atomic E-state index is 0.104. The van der Waals surface area contributed by atoms with Crippen LogP contribution in [-0.2, 0) is 65.4 Å². The predicted octanol–water partition coefficient (Wildman–Crippen LogP) is 21.3. The molecule has 0 aromatic heterocycles. The minimum Gasteiger partial charge on any atom is -0.462 e. The summed E-state index contributed by atoms with van der Waals surface area (Å²) in [7, 11) is -9.91. The SMILES string of the molecule is CCC(C)CCCCCCCCCCC(=O)OC[C@H](COP(=O)(O)OC[C@@H](O)COP(=O)(O)OC[C@@H](COC(=O)CCCCCCCCCCC(C)CC)OC(=O)CCCCCCCCCCC(C)CC)OC(=O)CCCCCCCCCCCCCCCCC(C)C. The Morgan fingerprint density at radius 3 is 0.763 bits per heavy atom. The second kappa shape index (κ2) is 63.5. The largest absolute Gasteiger partial charge is 0.472 e. The summed E-state index contributed by atoms with van der Waals surface area (Å²) >= 11 is 0. The maximum absolute atomic E-state index is 13.1. The summed E-state index contributed by atoms with van der Waals surface area (Å²) in [4.78, 5) is 72.8. The lowest BCUT2D eigenvalue weighted by Gasteiger charge is -2.21. The number of phosphoric acid groups is 2. The Balaban J connectivity index is 5.27. The van der Waals surface area contributed by atoms with E-state index >= 15 is 0 Å². The van der Waals surface area contributed by atoms with Crippen LogP contribution in [0, 0.1) is 23.7 Å². The van der Waals surface area contributed by atoms with Gasteiger partial charge in [-0.25, -0.2) is 9.13 Å².